The first-order valence-electron chi connectivity index (χ1n) is 6.87. The van der Waals surface area contributed by atoms with E-state index in [1.807, 2.05) is 7.05 Å². The number of benzene rings is 1. The number of carboxylic acids is 1. The standard InChI is InChI=1S/C16H25NO2/c1-12(2)9-14-5-7-15(8-6-14)11-17(4)10-13(3)16(18)19/h5-8,12-13H,9-11H2,1-4H3,(H,18,19). The largest absolute Gasteiger partial charge is 0.481 e. The summed E-state index contributed by atoms with van der Waals surface area (Å²) >= 11 is 0. The predicted molar refractivity (Wildman–Crippen MR) is 78.1 cm³/mol. The maximum absolute atomic E-state index is 10.8. The molecule has 0 saturated heterocycles. The molecule has 0 spiro atoms. The van der Waals surface area contributed by atoms with Crippen LogP contribution in [-0.4, -0.2) is 29.6 Å². The molecule has 0 amide bonds. The van der Waals surface area contributed by atoms with E-state index in [9.17, 15) is 4.79 Å². The van der Waals surface area contributed by atoms with Crippen LogP contribution in [0.25, 0.3) is 0 Å². The van der Waals surface area contributed by atoms with Gasteiger partial charge in [-0.25, -0.2) is 0 Å². The molecule has 0 saturated carbocycles. The van der Waals surface area contributed by atoms with Crippen LogP contribution in [0.5, 0.6) is 0 Å². The molecule has 0 heterocycles. The van der Waals surface area contributed by atoms with Gasteiger partial charge in [0, 0.05) is 13.1 Å². The first-order chi connectivity index (χ1) is 8.88. The van der Waals surface area contributed by atoms with Crippen LogP contribution in [0.15, 0.2) is 24.3 Å². The average molecular weight is 263 g/mol. The van der Waals surface area contributed by atoms with E-state index in [2.05, 4.69) is 43.0 Å². The first kappa shape index (κ1) is 15.7. The molecule has 1 rings (SSSR count). The van der Waals surface area contributed by atoms with Crippen molar-refractivity contribution >= 4 is 5.97 Å². The molecule has 0 bridgehead atoms. The lowest BCUT2D eigenvalue weighted by Crippen LogP contribution is -2.28. The van der Waals surface area contributed by atoms with Crippen LogP contribution >= 0.6 is 0 Å². The number of aliphatic carboxylic acids is 1. The third-order valence-corrected chi connectivity index (χ3v) is 3.13. The van der Waals surface area contributed by atoms with Crippen molar-refractivity contribution < 1.29 is 9.90 Å². The summed E-state index contributed by atoms with van der Waals surface area (Å²) in [4.78, 5) is 12.9. The molecule has 0 fully saturated rings. The lowest BCUT2D eigenvalue weighted by atomic mass is 10.0. The zero-order chi connectivity index (χ0) is 14.4. The van der Waals surface area contributed by atoms with E-state index in [1.165, 1.54) is 11.1 Å². The van der Waals surface area contributed by atoms with E-state index < -0.39 is 5.97 Å². The Hall–Kier alpha value is -1.35. The van der Waals surface area contributed by atoms with Gasteiger partial charge in [0.15, 0.2) is 0 Å². The lowest BCUT2D eigenvalue weighted by molar-refractivity contribution is -0.141. The highest BCUT2D eigenvalue weighted by Gasteiger charge is 2.13. The van der Waals surface area contributed by atoms with Gasteiger partial charge >= 0.3 is 5.97 Å². The SMILES string of the molecule is CC(C)Cc1ccc(CN(C)CC(C)C(=O)O)cc1. The van der Waals surface area contributed by atoms with Gasteiger partial charge in [0.2, 0.25) is 0 Å². The van der Waals surface area contributed by atoms with Gasteiger partial charge in [-0.3, -0.25) is 4.79 Å². The zero-order valence-electron chi connectivity index (χ0n) is 12.4. The van der Waals surface area contributed by atoms with Crippen molar-refractivity contribution in [3.05, 3.63) is 35.4 Å². The summed E-state index contributed by atoms with van der Waals surface area (Å²) in [6.07, 6.45) is 1.10. The Morgan fingerprint density at radius 1 is 1.16 bits per heavy atom. The summed E-state index contributed by atoms with van der Waals surface area (Å²) in [5.74, 6) is -0.394. The van der Waals surface area contributed by atoms with Gasteiger partial charge in [0.25, 0.3) is 0 Å². The fourth-order valence-electron chi connectivity index (χ4n) is 2.17. The van der Waals surface area contributed by atoms with Crippen LogP contribution in [0, 0.1) is 11.8 Å². The second kappa shape index (κ2) is 7.29. The Morgan fingerprint density at radius 2 is 1.68 bits per heavy atom. The summed E-state index contributed by atoms with van der Waals surface area (Å²) in [7, 11) is 1.96. The molecule has 0 aromatic heterocycles. The van der Waals surface area contributed by atoms with E-state index in [0.29, 0.717) is 12.5 Å². The number of hydrogen-bond acceptors (Lipinski definition) is 2. The van der Waals surface area contributed by atoms with Crippen molar-refractivity contribution in [1.82, 2.24) is 4.90 Å². The van der Waals surface area contributed by atoms with Gasteiger partial charge in [0.05, 0.1) is 5.92 Å². The van der Waals surface area contributed by atoms with Crippen LogP contribution in [0.2, 0.25) is 0 Å². The summed E-state index contributed by atoms with van der Waals surface area (Å²) in [6.45, 7) is 7.54. The van der Waals surface area contributed by atoms with Crippen molar-refractivity contribution in [1.29, 1.82) is 0 Å². The zero-order valence-corrected chi connectivity index (χ0v) is 12.4. The molecular formula is C16H25NO2. The number of rotatable bonds is 7. The quantitative estimate of drug-likeness (QED) is 0.822. The molecule has 19 heavy (non-hydrogen) atoms. The minimum atomic E-state index is -0.737. The fourth-order valence-corrected chi connectivity index (χ4v) is 2.17. The van der Waals surface area contributed by atoms with Gasteiger partial charge in [-0.2, -0.15) is 0 Å². The van der Waals surface area contributed by atoms with E-state index in [0.717, 1.165) is 13.0 Å². The Balaban J connectivity index is 2.50. The van der Waals surface area contributed by atoms with Crippen LogP contribution in [0.1, 0.15) is 31.9 Å². The summed E-state index contributed by atoms with van der Waals surface area (Å²) < 4.78 is 0. The van der Waals surface area contributed by atoms with Gasteiger partial charge in [-0.15, -0.1) is 0 Å². The summed E-state index contributed by atoms with van der Waals surface area (Å²) in [6, 6.07) is 8.62. The molecule has 1 aromatic carbocycles. The minimum absolute atomic E-state index is 0.329. The van der Waals surface area contributed by atoms with E-state index >= 15 is 0 Å². The van der Waals surface area contributed by atoms with Crippen molar-refractivity contribution in [2.24, 2.45) is 11.8 Å². The van der Waals surface area contributed by atoms with E-state index in [1.54, 1.807) is 6.92 Å². The molecule has 3 heteroatoms. The van der Waals surface area contributed by atoms with Crippen LogP contribution in [0.3, 0.4) is 0 Å². The molecule has 3 nitrogen and oxygen atoms in total. The van der Waals surface area contributed by atoms with E-state index in [-0.39, 0.29) is 5.92 Å². The van der Waals surface area contributed by atoms with Crippen LogP contribution < -0.4 is 0 Å². The maximum atomic E-state index is 10.8. The van der Waals surface area contributed by atoms with Crippen molar-refractivity contribution in [3.63, 3.8) is 0 Å². The molecule has 1 aromatic rings. The molecule has 1 unspecified atom stereocenters. The third-order valence-electron chi connectivity index (χ3n) is 3.13. The van der Waals surface area contributed by atoms with Gasteiger partial charge in [-0.05, 0) is 30.5 Å². The molecular weight excluding hydrogens is 238 g/mol. The Morgan fingerprint density at radius 3 is 2.16 bits per heavy atom. The van der Waals surface area contributed by atoms with Crippen molar-refractivity contribution in [3.8, 4) is 0 Å². The van der Waals surface area contributed by atoms with Crippen molar-refractivity contribution in [2.75, 3.05) is 13.6 Å². The van der Waals surface area contributed by atoms with Crippen LogP contribution in [-0.2, 0) is 17.8 Å². The monoisotopic (exact) mass is 263 g/mol. The lowest BCUT2D eigenvalue weighted by Gasteiger charge is -2.19. The van der Waals surface area contributed by atoms with Gasteiger partial charge < -0.3 is 10.0 Å². The topological polar surface area (TPSA) is 40.5 Å². The number of hydrogen-bond donors (Lipinski definition) is 1. The third kappa shape index (κ3) is 5.88. The van der Waals surface area contributed by atoms with Crippen molar-refractivity contribution in [2.45, 2.75) is 33.7 Å². The molecule has 0 aliphatic heterocycles. The minimum Gasteiger partial charge on any atom is -0.481 e. The Bertz CT molecular complexity index is 398. The second-order valence-corrected chi connectivity index (χ2v) is 5.85. The Kier molecular flexibility index (Phi) is 6.03. The second-order valence-electron chi connectivity index (χ2n) is 5.85. The highest BCUT2D eigenvalue weighted by atomic mass is 16.4. The van der Waals surface area contributed by atoms with Gasteiger partial charge in [-0.1, -0.05) is 45.0 Å². The van der Waals surface area contributed by atoms with Crippen LogP contribution in [0.4, 0.5) is 0 Å². The number of nitrogens with zero attached hydrogens (tertiary/aromatic N) is 1. The van der Waals surface area contributed by atoms with E-state index in [4.69, 9.17) is 5.11 Å². The fraction of sp³-hybridized carbons (Fsp3) is 0.562. The highest BCUT2D eigenvalue weighted by Crippen LogP contribution is 2.11. The summed E-state index contributed by atoms with van der Waals surface area (Å²) in [5, 5.41) is 8.89. The smallest absolute Gasteiger partial charge is 0.307 e. The molecule has 0 radical (unpaired) electrons. The molecule has 106 valence electrons. The normalized spacial score (nSPS) is 12.9. The first-order valence-corrected chi connectivity index (χ1v) is 6.87. The number of carbonyl (C=O) groups is 1. The Labute approximate surface area is 116 Å². The summed E-state index contributed by atoms with van der Waals surface area (Å²) in [5.41, 5.74) is 2.59. The molecule has 1 atom stereocenters. The molecule has 0 aliphatic carbocycles. The average Bonchev–Trinajstić information content (AvgIpc) is 2.30. The molecule has 0 aliphatic rings. The maximum Gasteiger partial charge on any atom is 0.307 e. The highest BCUT2D eigenvalue weighted by molar-refractivity contribution is 5.69. The molecule has 1 N–H and O–H groups in total. The number of carboxylic acid groups (broad SMARTS) is 1. The predicted octanol–water partition coefficient (Wildman–Crippen LogP) is 3.04. The van der Waals surface area contributed by atoms with Gasteiger partial charge in [0.1, 0.15) is 0 Å².